The molecule has 0 spiro atoms. The van der Waals surface area contributed by atoms with Crippen LogP contribution >= 0.6 is 0 Å². The molecule has 0 saturated carbocycles. The number of carbonyl (C=O) groups is 1. The van der Waals surface area contributed by atoms with Gasteiger partial charge in [-0.05, 0) is 54.7 Å². The van der Waals surface area contributed by atoms with Crippen LogP contribution in [-0.2, 0) is 23.2 Å². The smallest absolute Gasteiger partial charge is 0.304 e. The Labute approximate surface area is 191 Å². The highest BCUT2D eigenvalue weighted by Crippen LogP contribution is 2.50. The van der Waals surface area contributed by atoms with E-state index in [-0.39, 0.29) is 11.8 Å². The molecule has 0 fully saturated rings. The fourth-order valence-corrected chi connectivity index (χ4v) is 5.15. The molecule has 32 heavy (non-hydrogen) atoms. The van der Waals surface area contributed by atoms with Crippen LogP contribution < -0.4 is 5.73 Å². The number of nitrogens with one attached hydrogen (secondary N) is 1. The normalized spacial score (nSPS) is 19.7. The molecule has 0 aliphatic heterocycles. The monoisotopic (exact) mass is 432 g/mol. The van der Waals surface area contributed by atoms with Crippen LogP contribution in [0.1, 0.15) is 74.3 Å². The number of aliphatic carboxylic acids is 1. The van der Waals surface area contributed by atoms with Gasteiger partial charge in [0.15, 0.2) is 0 Å². The van der Waals surface area contributed by atoms with Gasteiger partial charge in [0.25, 0.3) is 0 Å². The summed E-state index contributed by atoms with van der Waals surface area (Å²) in [7, 11) is 0. The van der Waals surface area contributed by atoms with Gasteiger partial charge in [0, 0.05) is 28.6 Å². The number of benzene rings is 2. The minimum absolute atomic E-state index is 0.200. The van der Waals surface area contributed by atoms with Gasteiger partial charge in [-0.2, -0.15) is 0 Å². The molecule has 3 aromatic rings. The summed E-state index contributed by atoms with van der Waals surface area (Å²) in [6, 6.07) is 16.5. The van der Waals surface area contributed by atoms with Gasteiger partial charge >= 0.3 is 5.97 Å². The Hall–Kier alpha value is -2.85. The Morgan fingerprint density at radius 1 is 1.22 bits per heavy atom. The zero-order valence-electron chi connectivity index (χ0n) is 19.4. The summed E-state index contributed by atoms with van der Waals surface area (Å²) in [6.07, 6.45) is 6.92. The van der Waals surface area contributed by atoms with Crippen molar-refractivity contribution in [3.63, 3.8) is 0 Å². The molecule has 0 bridgehead atoms. The molecule has 1 aromatic heterocycles. The van der Waals surface area contributed by atoms with Gasteiger partial charge in [0.05, 0.1) is 6.42 Å². The number of aryl methyl sites for hydroxylation is 1. The number of para-hydroxylation sites is 1. The van der Waals surface area contributed by atoms with E-state index in [0.717, 1.165) is 32.1 Å². The first-order valence-corrected chi connectivity index (χ1v) is 11.7. The van der Waals surface area contributed by atoms with Gasteiger partial charge in [-0.1, -0.05) is 68.5 Å². The Balaban J connectivity index is 0.000000305. The fraction of sp³-hybridized carbons (Fsp3) is 0.393. The van der Waals surface area contributed by atoms with Crippen LogP contribution in [0.5, 0.6) is 0 Å². The van der Waals surface area contributed by atoms with E-state index < -0.39 is 5.97 Å². The molecule has 1 aliphatic rings. The van der Waals surface area contributed by atoms with Gasteiger partial charge < -0.3 is 15.8 Å². The molecule has 0 saturated heterocycles. The molecule has 4 heteroatoms. The van der Waals surface area contributed by atoms with Crippen LogP contribution in [0.4, 0.5) is 0 Å². The maximum atomic E-state index is 11.6. The first kappa shape index (κ1) is 23.8. The molecule has 1 heterocycles. The topological polar surface area (TPSA) is 79.1 Å². The SMILES string of the molecule is C=CC[C@@H]1CC[C@](CC)(CC(=O)O)c2[nH]c3c(CC)cccc3c21.NCc1ccccc1. The maximum Gasteiger partial charge on any atom is 0.304 e. The first-order valence-electron chi connectivity index (χ1n) is 11.7. The van der Waals surface area contributed by atoms with E-state index in [1.807, 2.05) is 36.4 Å². The Morgan fingerprint density at radius 2 is 1.97 bits per heavy atom. The van der Waals surface area contributed by atoms with Crippen molar-refractivity contribution < 1.29 is 9.90 Å². The largest absolute Gasteiger partial charge is 0.481 e. The van der Waals surface area contributed by atoms with Crippen molar-refractivity contribution >= 4 is 16.9 Å². The molecule has 4 rings (SSSR count). The van der Waals surface area contributed by atoms with Crippen LogP contribution in [0, 0.1) is 0 Å². The zero-order valence-corrected chi connectivity index (χ0v) is 19.4. The number of nitrogens with two attached hydrogens (primary N) is 1. The highest BCUT2D eigenvalue weighted by molar-refractivity contribution is 5.89. The second kappa shape index (κ2) is 10.6. The summed E-state index contributed by atoms with van der Waals surface area (Å²) in [5.74, 6) is -0.272. The predicted molar refractivity (Wildman–Crippen MR) is 133 cm³/mol. The number of aromatic amines is 1. The van der Waals surface area contributed by atoms with E-state index in [2.05, 4.69) is 43.6 Å². The lowest BCUT2D eigenvalue weighted by molar-refractivity contribution is -0.138. The van der Waals surface area contributed by atoms with Crippen molar-refractivity contribution in [2.45, 2.75) is 70.3 Å². The Bertz CT molecular complexity index is 1050. The maximum absolute atomic E-state index is 11.6. The Kier molecular flexibility index (Phi) is 7.92. The lowest BCUT2D eigenvalue weighted by Crippen LogP contribution is -2.34. The third-order valence-corrected chi connectivity index (χ3v) is 6.95. The van der Waals surface area contributed by atoms with E-state index in [4.69, 9.17) is 5.73 Å². The first-order chi connectivity index (χ1) is 15.5. The molecule has 170 valence electrons. The number of carboxylic acid groups (broad SMARTS) is 1. The number of hydrogen-bond acceptors (Lipinski definition) is 2. The lowest BCUT2D eigenvalue weighted by Gasteiger charge is -2.38. The number of hydrogen-bond donors (Lipinski definition) is 3. The minimum atomic E-state index is -0.709. The van der Waals surface area contributed by atoms with Gasteiger partial charge in [0.1, 0.15) is 0 Å². The van der Waals surface area contributed by atoms with Crippen LogP contribution in [-0.4, -0.2) is 16.1 Å². The molecule has 4 N–H and O–H groups in total. The standard InChI is InChI=1S/C21H27NO2.C7H9N/c1-4-8-15-11-12-21(6-3,13-17(23)24)20-18(15)16-10-7-9-14(5-2)19(16)22-20;8-6-7-4-2-1-3-5-7/h4,7,9-10,15,22H,1,5-6,8,11-13H2,2-3H3,(H,23,24);1-5H,6,8H2/t15-,21-;/m1./s1. The summed E-state index contributed by atoms with van der Waals surface area (Å²) >= 11 is 0. The molecule has 4 nitrogen and oxygen atoms in total. The Morgan fingerprint density at radius 3 is 2.53 bits per heavy atom. The van der Waals surface area contributed by atoms with Crippen molar-refractivity contribution in [3.8, 4) is 0 Å². The lowest BCUT2D eigenvalue weighted by atomic mass is 9.65. The molecule has 2 aromatic carbocycles. The van der Waals surface area contributed by atoms with E-state index in [0.29, 0.717) is 12.5 Å². The highest BCUT2D eigenvalue weighted by Gasteiger charge is 2.42. The quantitative estimate of drug-likeness (QED) is 0.375. The van der Waals surface area contributed by atoms with E-state index in [9.17, 15) is 9.90 Å². The summed E-state index contributed by atoms with van der Waals surface area (Å²) in [5, 5.41) is 10.8. The summed E-state index contributed by atoms with van der Waals surface area (Å²) in [4.78, 5) is 15.2. The minimum Gasteiger partial charge on any atom is -0.481 e. The van der Waals surface area contributed by atoms with E-state index >= 15 is 0 Å². The number of aromatic nitrogens is 1. The summed E-state index contributed by atoms with van der Waals surface area (Å²) in [5.41, 5.74) is 11.3. The number of fused-ring (bicyclic) bond motifs is 3. The van der Waals surface area contributed by atoms with Crippen molar-refractivity contribution in [2.75, 3.05) is 0 Å². The second-order valence-corrected chi connectivity index (χ2v) is 8.76. The zero-order chi connectivity index (χ0) is 23.1. The molecular formula is C28H36N2O2. The van der Waals surface area contributed by atoms with Gasteiger partial charge in [0.2, 0.25) is 0 Å². The molecule has 0 radical (unpaired) electrons. The molecule has 1 aliphatic carbocycles. The van der Waals surface area contributed by atoms with Crippen molar-refractivity contribution in [2.24, 2.45) is 5.73 Å². The number of H-pyrrole nitrogens is 1. The number of allylic oxidation sites excluding steroid dienone is 1. The van der Waals surface area contributed by atoms with E-state index in [1.54, 1.807) is 0 Å². The second-order valence-electron chi connectivity index (χ2n) is 8.76. The van der Waals surface area contributed by atoms with Gasteiger partial charge in [-0.15, -0.1) is 6.58 Å². The van der Waals surface area contributed by atoms with Crippen molar-refractivity contribution in [1.82, 2.24) is 4.98 Å². The molecule has 0 unspecified atom stereocenters. The summed E-state index contributed by atoms with van der Waals surface area (Å²) < 4.78 is 0. The number of carboxylic acids is 1. The summed E-state index contributed by atoms with van der Waals surface area (Å²) in [6.45, 7) is 8.85. The predicted octanol–water partition coefficient (Wildman–Crippen LogP) is 6.45. The van der Waals surface area contributed by atoms with Crippen molar-refractivity contribution in [3.05, 3.63) is 83.6 Å². The number of rotatable bonds is 7. The highest BCUT2D eigenvalue weighted by atomic mass is 16.4. The van der Waals surface area contributed by atoms with E-state index in [1.165, 1.54) is 33.3 Å². The molecule has 2 atom stereocenters. The van der Waals surface area contributed by atoms with Crippen LogP contribution in [0.3, 0.4) is 0 Å². The third-order valence-electron chi connectivity index (χ3n) is 6.95. The molecule has 0 amide bonds. The van der Waals surface area contributed by atoms with Crippen LogP contribution in [0.2, 0.25) is 0 Å². The third kappa shape index (κ3) is 4.81. The van der Waals surface area contributed by atoms with Crippen molar-refractivity contribution in [1.29, 1.82) is 0 Å². The molecular weight excluding hydrogens is 396 g/mol. The van der Waals surface area contributed by atoms with Gasteiger partial charge in [-0.3, -0.25) is 4.79 Å². The average Bonchev–Trinajstić information content (AvgIpc) is 3.22. The van der Waals surface area contributed by atoms with Crippen LogP contribution in [0.25, 0.3) is 10.9 Å². The van der Waals surface area contributed by atoms with Crippen LogP contribution in [0.15, 0.2) is 61.2 Å². The fourth-order valence-electron chi connectivity index (χ4n) is 5.15. The average molecular weight is 433 g/mol. The van der Waals surface area contributed by atoms with Gasteiger partial charge in [-0.25, -0.2) is 0 Å².